The van der Waals surface area contributed by atoms with Crippen LogP contribution in [-0.4, -0.2) is 37.1 Å². The lowest BCUT2D eigenvalue weighted by Gasteiger charge is -2.16. The van der Waals surface area contributed by atoms with Crippen LogP contribution in [0.2, 0.25) is 0 Å². The Morgan fingerprint density at radius 1 is 1.59 bits per heavy atom. The predicted octanol–water partition coefficient (Wildman–Crippen LogP) is 0.805. The number of amides is 1. The molecule has 1 aromatic heterocycles. The molecule has 2 rings (SSSR count). The van der Waals surface area contributed by atoms with Gasteiger partial charge < -0.3 is 15.0 Å². The van der Waals surface area contributed by atoms with Crippen molar-refractivity contribution in [2.24, 2.45) is 0 Å². The molecular weight excluding hydrogens is 218 g/mol. The zero-order chi connectivity index (χ0) is 12.3. The highest BCUT2D eigenvalue weighted by Gasteiger charge is 2.31. The van der Waals surface area contributed by atoms with Crippen LogP contribution in [0, 0.1) is 0 Å². The largest absolute Gasteiger partial charge is 0.481 e. The van der Waals surface area contributed by atoms with E-state index in [-0.39, 0.29) is 11.9 Å². The summed E-state index contributed by atoms with van der Waals surface area (Å²) in [7, 11) is 1.57. The van der Waals surface area contributed by atoms with Crippen LogP contribution in [0.5, 0.6) is 5.88 Å². The highest BCUT2D eigenvalue weighted by Crippen LogP contribution is 2.22. The molecule has 0 aliphatic carbocycles. The summed E-state index contributed by atoms with van der Waals surface area (Å²) in [4.78, 5) is 17.9. The SMILES string of the molecule is CCNC1CCN(c2ccc(OC)nc2)C1=O. The third-order valence-corrected chi connectivity index (χ3v) is 2.90. The summed E-state index contributed by atoms with van der Waals surface area (Å²) >= 11 is 0. The van der Waals surface area contributed by atoms with E-state index in [1.807, 2.05) is 13.0 Å². The Bertz CT molecular complexity index is 391. The fourth-order valence-corrected chi connectivity index (χ4v) is 2.02. The molecule has 0 saturated carbocycles. The first-order chi connectivity index (χ1) is 8.26. The van der Waals surface area contributed by atoms with Crippen LogP contribution in [0.4, 0.5) is 5.69 Å². The van der Waals surface area contributed by atoms with Gasteiger partial charge >= 0.3 is 0 Å². The molecule has 0 aromatic carbocycles. The van der Waals surface area contributed by atoms with Gasteiger partial charge in [0.15, 0.2) is 0 Å². The number of pyridine rings is 1. The number of rotatable bonds is 4. The first-order valence-electron chi connectivity index (χ1n) is 5.81. The molecule has 1 amide bonds. The maximum absolute atomic E-state index is 12.1. The lowest BCUT2D eigenvalue weighted by Crippen LogP contribution is -2.38. The summed E-state index contributed by atoms with van der Waals surface area (Å²) < 4.78 is 4.99. The van der Waals surface area contributed by atoms with E-state index >= 15 is 0 Å². The molecule has 1 saturated heterocycles. The quantitative estimate of drug-likeness (QED) is 0.839. The maximum atomic E-state index is 12.1. The number of hydrogen-bond acceptors (Lipinski definition) is 4. The van der Waals surface area contributed by atoms with Gasteiger partial charge in [0, 0.05) is 12.6 Å². The normalized spacial score (nSPS) is 19.8. The van der Waals surface area contributed by atoms with Crippen molar-refractivity contribution in [3.05, 3.63) is 18.3 Å². The van der Waals surface area contributed by atoms with Gasteiger partial charge in [-0.25, -0.2) is 4.98 Å². The minimum absolute atomic E-state index is 0.0536. The third kappa shape index (κ3) is 2.39. The van der Waals surface area contributed by atoms with Gasteiger partial charge in [0.1, 0.15) is 0 Å². The molecule has 0 radical (unpaired) electrons. The standard InChI is InChI=1S/C12H17N3O2/c1-3-13-10-6-7-15(12(10)16)9-4-5-11(17-2)14-8-9/h4-5,8,10,13H,3,6-7H2,1-2H3. The van der Waals surface area contributed by atoms with Gasteiger partial charge in [-0.1, -0.05) is 6.92 Å². The van der Waals surface area contributed by atoms with Gasteiger partial charge in [-0.15, -0.1) is 0 Å². The molecule has 1 aliphatic rings. The Kier molecular flexibility index (Phi) is 3.58. The number of likely N-dealkylation sites (N-methyl/N-ethyl adjacent to an activating group) is 1. The Labute approximate surface area is 101 Å². The van der Waals surface area contributed by atoms with Gasteiger partial charge in [0.25, 0.3) is 0 Å². The first-order valence-corrected chi connectivity index (χ1v) is 5.81. The summed E-state index contributed by atoms with van der Waals surface area (Å²) in [6.07, 6.45) is 2.52. The number of nitrogens with zero attached hydrogens (tertiary/aromatic N) is 2. The van der Waals surface area contributed by atoms with E-state index in [1.54, 1.807) is 24.3 Å². The second kappa shape index (κ2) is 5.14. The van der Waals surface area contributed by atoms with E-state index in [2.05, 4.69) is 10.3 Å². The molecule has 1 atom stereocenters. The molecule has 0 bridgehead atoms. The third-order valence-electron chi connectivity index (χ3n) is 2.90. The van der Waals surface area contributed by atoms with E-state index in [1.165, 1.54) is 0 Å². The van der Waals surface area contributed by atoms with Gasteiger partial charge in [0.05, 0.1) is 25.0 Å². The van der Waals surface area contributed by atoms with Crippen LogP contribution in [-0.2, 0) is 4.79 Å². The Morgan fingerprint density at radius 2 is 2.41 bits per heavy atom. The molecule has 1 aliphatic heterocycles. The van der Waals surface area contributed by atoms with Crippen LogP contribution in [0.1, 0.15) is 13.3 Å². The molecule has 2 heterocycles. The monoisotopic (exact) mass is 235 g/mol. The molecule has 17 heavy (non-hydrogen) atoms. The smallest absolute Gasteiger partial charge is 0.244 e. The first kappa shape index (κ1) is 11.9. The average molecular weight is 235 g/mol. The fourth-order valence-electron chi connectivity index (χ4n) is 2.02. The molecule has 92 valence electrons. The van der Waals surface area contributed by atoms with Crippen molar-refractivity contribution in [1.29, 1.82) is 0 Å². The second-order valence-electron chi connectivity index (χ2n) is 3.95. The van der Waals surface area contributed by atoms with Crippen molar-refractivity contribution in [1.82, 2.24) is 10.3 Å². The highest BCUT2D eigenvalue weighted by atomic mass is 16.5. The molecule has 1 unspecified atom stereocenters. The number of anilines is 1. The zero-order valence-corrected chi connectivity index (χ0v) is 10.1. The van der Waals surface area contributed by atoms with Gasteiger partial charge in [-0.2, -0.15) is 0 Å². The van der Waals surface area contributed by atoms with Crippen LogP contribution >= 0.6 is 0 Å². The molecular formula is C12H17N3O2. The van der Waals surface area contributed by atoms with Gasteiger partial charge in [-0.05, 0) is 19.0 Å². The van der Waals surface area contributed by atoms with Crippen LogP contribution < -0.4 is 15.0 Å². The number of hydrogen-bond donors (Lipinski definition) is 1. The number of ether oxygens (including phenoxy) is 1. The van der Waals surface area contributed by atoms with Crippen LogP contribution in [0.25, 0.3) is 0 Å². The molecule has 5 heteroatoms. The van der Waals surface area contributed by atoms with Crippen molar-refractivity contribution in [3.8, 4) is 5.88 Å². The van der Waals surface area contributed by atoms with Crippen molar-refractivity contribution in [2.75, 3.05) is 25.1 Å². The molecule has 1 aromatic rings. The van der Waals surface area contributed by atoms with Gasteiger partial charge in [-0.3, -0.25) is 4.79 Å². The molecule has 1 N–H and O–H groups in total. The lowest BCUT2D eigenvalue weighted by atomic mass is 10.2. The Morgan fingerprint density at radius 3 is 3.00 bits per heavy atom. The van der Waals surface area contributed by atoms with E-state index in [0.717, 1.165) is 25.2 Å². The van der Waals surface area contributed by atoms with Crippen molar-refractivity contribution < 1.29 is 9.53 Å². The Balaban J connectivity index is 2.10. The minimum Gasteiger partial charge on any atom is -0.481 e. The number of aromatic nitrogens is 1. The van der Waals surface area contributed by atoms with Crippen LogP contribution in [0.15, 0.2) is 18.3 Å². The summed E-state index contributed by atoms with van der Waals surface area (Å²) in [6.45, 7) is 3.56. The van der Waals surface area contributed by atoms with Crippen LogP contribution in [0.3, 0.4) is 0 Å². The number of nitrogens with one attached hydrogen (secondary N) is 1. The number of methoxy groups -OCH3 is 1. The van der Waals surface area contributed by atoms with Crippen molar-refractivity contribution in [3.63, 3.8) is 0 Å². The van der Waals surface area contributed by atoms with Crippen molar-refractivity contribution in [2.45, 2.75) is 19.4 Å². The summed E-state index contributed by atoms with van der Waals surface area (Å²) in [5.41, 5.74) is 0.830. The molecule has 5 nitrogen and oxygen atoms in total. The fraction of sp³-hybridized carbons (Fsp3) is 0.500. The summed E-state index contributed by atoms with van der Waals surface area (Å²) in [5, 5.41) is 3.18. The zero-order valence-electron chi connectivity index (χ0n) is 10.1. The highest BCUT2D eigenvalue weighted by molar-refractivity contribution is 5.99. The summed E-state index contributed by atoms with van der Waals surface area (Å²) in [5.74, 6) is 0.683. The lowest BCUT2D eigenvalue weighted by molar-refractivity contribution is -0.118. The molecule has 1 fully saturated rings. The Hall–Kier alpha value is -1.62. The summed E-state index contributed by atoms with van der Waals surface area (Å²) in [6, 6.07) is 3.57. The van der Waals surface area contributed by atoms with Crippen molar-refractivity contribution >= 4 is 11.6 Å². The van der Waals surface area contributed by atoms with E-state index in [0.29, 0.717) is 5.88 Å². The predicted molar refractivity (Wildman–Crippen MR) is 65.2 cm³/mol. The maximum Gasteiger partial charge on any atom is 0.244 e. The second-order valence-corrected chi connectivity index (χ2v) is 3.95. The van der Waals surface area contributed by atoms with E-state index in [4.69, 9.17) is 4.74 Å². The minimum atomic E-state index is -0.0536. The van der Waals surface area contributed by atoms with E-state index < -0.39 is 0 Å². The average Bonchev–Trinajstić information content (AvgIpc) is 2.72. The number of carbonyl (C=O) groups excluding carboxylic acids is 1. The van der Waals surface area contributed by atoms with E-state index in [9.17, 15) is 4.79 Å². The molecule has 0 spiro atoms. The number of carbonyl (C=O) groups is 1. The van der Waals surface area contributed by atoms with Gasteiger partial charge in [0.2, 0.25) is 11.8 Å². The topological polar surface area (TPSA) is 54.5 Å².